The summed E-state index contributed by atoms with van der Waals surface area (Å²) >= 11 is 7.34. The summed E-state index contributed by atoms with van der Waals surface area (Å²) in [5.74, 6) is 1.36. The monoisotopic (exact) mass is 347 g/mol. The molecule has 116 valence electrons. The van der Waals surface area contributed by atoms with E-state index in [0.29, 0.717) is 17.2 Å². The van der Waals surface area contributed by atoms with Crippen molar-refractivity contribution in [2.45, 2.75) is 18.2 Å². The number of hydrogen-bond acceptors (Lipinski definition) is 4. The van der Waals surface area contributed by atoms with Gasteiger partial charge in [0.15, 0.2) is 9.84 Å². The van der Waals surface area contributed by atoms with E-state index in [2.05, 4.69) is 0 Å². The molecule has 1 aromatic rings. The van der Waals surface area contributed by atoms with Gasteiger partial charge in [-0.2, -0.15) is 0 Å². The highest BCUT2D eigenvalue weighted by molar-refractivity contribution is 7.99. The van der Waals surface area contributed by atoms with Crippen molar-refractivity contribution in [3.63, 3.8) is 0 Å². The highest BCUT2D eigenvalue weighted by atomic mass is 35.5. The largest absolute Gasteiger partial charge is 0.341 e. The third kappa shape index (κ3) is 4.90. The predicted octanol–water partition coefficient (Wildman–Crippen LogP) is 2.22. The molecule has 21 heavy (non-hydrogen) atoms. The van der Waals surface area contributed by atoms with Crippen LogP contribution >= 0.6 is 23.4 Å². The second-order valence-electron chi connectivity index (χ2n) is 5.18. The van der Waals surface area contributed by atoms with Crippen molar-refractivity contribution in [1.29, 1.82) is 0 Å². The first-order valence-electron chi connectivity index (χ1n) is 6.66. The number of thioether (sulfide) groups is 1. The molecule has 1 aromatic carbocycles. The summed E-state index contributed by atoms with van der Waals surface area (Å²) in [5.41, 5.74) is 1.11. The van der Waals surface area contributed by atoms with Crippen LogP contribution in [0.3, 0.4) is 0 Å². The van der Waals surface area contributed by atoms with Gasteiger partial charge < -0.3 is 4.90 Å². The van der Waals surface area contributed by atoms with Crippen LogP contribution in [0.15, 0.2) is 24.3 Å². The van der Waals surface area contributed by atoms with Gasteiger partial charge in [0.2, 0.25) is 5.91 Å². The number of carbonyl (C=O) groups excluding carboxylic acids is 1. The lowest BCUT2D eigenvalue weighted by Crippen LogP contribution is -2.38. The van der Waals surface area contributed by atoms with E-state index in [0.717, 1.165) is 11.3 Å². The van der Waals surface area contributed by atoms with Gasteiger partial charge in [0.25, 0.3) is 0 Å². The van der Waals surface area contributed by atoms with Crippen molar-refractivity contribution < 1.29 is 13.2 Å². The second kappa shape index (κ2) is 7.03. The van der Waals surface area contributed by atoms with Gasteiger partial charge in [-0.25, -0.2) is 8.42 Å². The first-order valence-corrected chi connectivity index (χ1v) is 10.0. The van der Waals surface area contributed by atoms with E-state index >= 15 is 0 Å². The zero-order valence-corrected chi connectivity index (χ0v) is 14.2. The molecule has 1 aliphatic heterocycles. The topological polar surface area (TPSA) is 54.5 Å². The van der Waals surface area contributed by atoms with Gasteiger partial charge in [0.1, 0.15) is 0 Å². The SMILES string of the molecule is CN(C(=O)CSCc1ccc(Cl)cc1)C1CCS(=O)(=O)C1. The molecule has 0 radical (unpaired) electrons. The molecule has 0 aliphatic carbocycles. The van der Waals surface area contributed by atoms with Crippen molar-refractivity contribution in [3.8, 4) is 0 Å². The van der Waals surface area contributed by atoms with Crippen molar-refractivity contribution in [2.24, 2.45) is 0 Å². The molecule has 1 unspecified atom stereocenters. The fourth-order valence-corrected chi connectivity index (χ4v) is 5.03. The Hall–Kier alpha value is -0.720. The van der Waals surface area contributed by atoms with Gasteiger partial charge in [-0.05, 0) is 24.1 Å². The van der Waals surface area contributed by atoms with Crippen molar-refractivity contribution in [2.75, 3.05) is 24.3 Å². The Bertz CT molecular complexity index is 601. The standard InChI is InChI=1S/C14H18ClNO3S2/c1-16(13-6-7-21(18,19)10-13)14(17)9-20-8-11-2-4-12(15)5-3-11/h2-5,13H,6-10H2,1H3. The molecule has 4 nitrogen and oxygen atoms in total. The Balaban J connectivity index is 1.78. The second-order valence-corrected chi connectivity index (χ2v) is 8.83. The fourth-order valence-electron chi connectivity index (χ4n) is 2.22. The third-order valence-corrected chi connectivity index (χ3v) is 6.55. The van der Waals surface area contributed by atoms with Crippen LogP contribution in [0.5, 0.6) is 0 Å². The van der Waals surface area contributed by atoms with Gasteiger partial charge in [0, 0.05) is 23.9 Å². The van der Waals surface area contributed by atoms with Crippen LogP contribution in [-0.4, -0.2) is 49.6 Å². The maximum Gasteiger partial charge on any atom is 0.232 e. The van der Waals surface area contributed by atoms with Crippen molar-refractivity contribution in [1.82, 2.24) is 4.90 Å². The van der Waals surface area contributed by atoms with E-state index < -0.39 is 9.84 Å². The smallest absolute Gasteiger partial charge is 0.232 e. The Morgan fingerprint density at radius 1 is 1.38 bits per heavy atom. The highest BCUT2D eigenvalue weighted by Gasteiger charge is 2.32. The van der Waals surface area contributed by atoms with E-state index in [4.69, 9.17) is 11.6 Å². The van der Waals surface area contributed by atoms with Crippen LogP contribution in [-0.2, 0) is 20.4 Å². The summed E-state index contributed by atoms with van der Waals surface area (Å²) in [4.78, 5) is 13.7. The first kappa shape index (κ1) is 16.6. The predicted molar refractivity (Wildman–Crippen MR) is 87.4 cm³/mol. The summed E-state index contributed by atoms with van der Waals surface area (Å²) in [6.07, 6.45) is 0.548. The average Bonchev–Trinajstić information content (AvgIpc) is 2.80. The zero-order valence-electron chi connectivity index (χ0n) is 11.8. The molecule has 0 saturated carbocycles. The lowest BCUT2D eigenvalue weighted by Gasteiger charge is -2.23. The molecule has 2 rings (SSSR count). The van der Waals surface area contributed by atoms with Gasteiger partial charge in [-0.3, -0.25) is 4.79 Å². The maximum atomic E-state index is 12.1. The molecular weight excluding hydrogens is 330 g/mol. The summed E-state index contributed by atoms with van der Waals surface area (Å²) < 4.78 is 22.9. The number of halogens is 1. The minimum atomic E-state index is -2.95. The molecule has 1 amide bonds. The quantitative estimate of drug-likeness (QED) is 0.819. The number of hydrogen-bond donors (Lipinski definition) is 0. The minimum absolute atomic E-state index is 0.0175. The molecule has 0 spiro atoms. The molecule has 1 aliphatic rings. The van der Waals surface area contributed by atoms with Gasteiger partial charge >= 0.3 is 0 Å². The Morgan fingerprint density at radius 3 is 2.62 bits per heavy atom. The number of amides is 1. The maximum absolute atomic E-state index is 12.1. The Morgan fingerprint density at radius 2 is 2.05 bits per heavy atom. The zero-order chi connectivity index (χ0) is 15.5. The molecular formula is C14H18ClNO3S2. The minimum Gasteiger partial charge on any atom is -0.341 e. The first-order chi connectivity index (χ1) is 9.87. The number of sulfone groups is 1. The Labute approximate surface area is 134 Å². The van der Waals surface area contributed by atoms with Gasteiger partial charge in [-0.1, -0.05) is 23.7 Å². The molecule has 1 fully saturated rings. The van der Waals surface area contributed by atoms with Crippen LogP contribution < -0.4 is 0 Å². The highest BCUT2D eigenvalue weighted by Crippen LogP contribution is 2.19. The summed E-state index contributed by atoms with van der Waals surface area (Å²) in [5, 5.41) is 0.696. The van der Waals surface area contributed by atoms with E-state index in [1.54, 1.807) is 11.9 Å². The van der Waals surface area contributed by atoms with Crippen LogP contribution in [0.1, 0.15) is 12.0 Å². The molecule has 0 bridgehead atoms. The van der Waals surface area contributed by atoms with Crippen LogP contribution in [0.4, 0.5) is 0 Å². The van der Waals surface area contributed by atoms with Crippen LogP contribution in [0.2, 0.25) is 5.02 Å². The van der Waals surface area contributed by atoms with Crippen molar-refractivity contribution >= 4 is 39.1 Å². The number of carbonyl (C=O) groups is 1. The van der Waals surface area contributed by atoms with Gasteiger partial charge in [-0.15, -0.1) is 11.8 Å². The van der Waals surface area contributed by atoms with E-state index in [-0.39, 0.29) is 23.5 Å². The lowest BCUT2D eigenvalue weighted by molar-refractivity contribution is -0.128. The van der Waals surface area contributed by atoms with Crippen LogP contribution in [0, 0.1) is 0 Å². The number of nitrogens with zero attached hydrogens (tertiary/aromatic N) is 1. The van der Waals surface area contributed by atoms with Gasteiger partial charge in [0.05, 0.1) is 17.3 Å². The summed E-state index contributed by atoms with van der Waals surface area (Å²) in [7, 11) is -1.26. The molecule has 1 heterocycles. The molecule has 1 saturated heterocycles. The molecule has 0 aromatic heterocycles. The normalized spacial score (nSPS) is 20.4. The Kier molecular flexibility index (Phi) is 5.57. The van der Waals surface area contributed by atoms with E-state index in [1.807, 2.05) is 24.3 Å². The fraction of sp³-hybridized carbons (Fsp3) is 0.500. The summed E-state index contributed by atoms with van der Waals surface area (Å²) in [6.45, 7) is 0. The van der Waals surface area contributed by atoms with E-state index in [9.17, 15) is 13.2 Å². The molecule has 0 N–H and O–H groups in total. The van der Waals surface area contributed by atoms with Crippen LogP contribution in [0.25, 0.3) is 0 Å². The number of rotatable bonds is 5. The molecule has 7 heteroatoms. The lowest BCUT2D eigenvalue weighted by atomic mass is 10.2. The third-order valence-electron chi connectivity index (χ3n) is 3.56. The average molecular weight is 348 g/mol. The van der Waals surface area contributed by atoms with Crippen molar-refractivity contribution in [3.05, 3.63) is 34.9 Å². The van der Waals surface area contributed by atoms with E-state index in [1.165, 1.54) is 11.8 Å². The number of benzene rings is 1. The summed E-state index contributed by atoms with van der Waals surface area (Å²) in [6, 6.07) is 7.36. The molecule has 1 atom stereocenters.